The molecule has 2 N–H and O–H groups in total. The van der Waals surface area contributed by atoms with Gasteiger partial charge in [0.05, 0.1) is 9.80 Å². The van der Waals surface area contributed by atoms with Gasteiger partial charge in [0.15, 0.2) is 0 Å². The van der Waals surface area contributed by atoms with Crippen molar-refractivity contribution >= 4 is 17.0 Å². The third-order valence-corrected chi connectivity index (χ3v) is 5.98. The number of thiazole rings is 1. The first-order chi connectivity index (χ1) is 13.4. The summed E-state index contributed by atoms with van der Waals surface area (Å²) in [5.74, 6) is 1.17. The minimum absolute atomic E-state index is 0.0112. The molecule has 28 heavy (non-hydrogen) atoms. The second kappa shape index (κ2) is 7.12. The highest BCUT2D eigenvalue weighted by atomic mass is 32.1. The number of nitrogens with zero attached hydrogens (tertiary/aromatic N) is 1. The SMILES string of the molecule is Cc1cc([N+](=O)[O-])ccc1Oc1ccc2c(c1)CCC[C@H]2c1sc(=O)[nH]c1O. The van der Waals surface area contributed by atoms with E-state index < -0.39 is 4.92 Å². The molecule has 0 amide bonds. The van der Waals surface area contributed by atoms with E-state index in [1.807, 2.05) is 18.2 Å². The lowest BCUT2D eigenvalue weighted by Crippen LogP contribution is -2.10. The third kappa shape index (κ3) is 3.38. The predicted molar refractivity (Wildman–Crippen MR) is 106 cm³/mol. The summed E-state index contributed by atoms with van der Waals surface area (Å²) >= 11 is 1.05. The summed E-state index contributed by atoms with van der Waals surface area (Å²) in [4.78, 5) is 24.9. The van der Waals surface area contributed by atoms with Crippen LogP contribution in [0.5, 0.6) is 17.4 Å². The number of hydrogen-bond donors (Lipinski definition) is 2. The quantitative estimate of drug-likeness (QED) is 0.493. The molecule has 0 saturated carbocycles. The topological polar surface area (TPSA) is 105 Å². The molecule has 8 heteroatoms. The van der Waals surface area contributed by atoms with Crippen LogP contribution in [-0.2, 0) is 6.42 Å². The summed E-state index contributed by atoms with van der Waals surface area (Å²) in [6.07, 6.45) is 2.71. The fraction of sp³-hybridized carbons (Fsp3) is 0.250. The Hall–Kier alpha value is -3.13. The number of aromatic nitrogens is 1. The van der Waals surface area contributed by atoms with Gasteiger partial charge in [-0.25, -0.2) is 0 Å². The lowest BCUT2D eigenvalue weighted by molar-refractivity contribution is -0.384. The third-order valence-electron chi connectivity index (χ3n) is 5.00. The first-order valence-electron chi connectivity index (χ1n) is 8.90. The second-order valence-electron chi connectivity index (χ2n) is 6.84. The van der Waals surface area contributed by atoms with Crippen molar-refractivity contribution in [3.05, 3.63) is 77.7 Å². The largest absolute Gasteiger partial charge is 0.494 e. The van der Waals surface area contributed by atoms with Gasteiger partial charge in [0.1, 0.15) is 11.5 Å². The molecule has 1 heterocycles. The molecule has 1 atom stereocenters. The molecule has 3 aromatic rings. The van der Waals surface area contributed by atoms with Crippen molar-refractivity contribution in [3.8, 4) is 17.4 Å². The molecule has 0 saturated heterocycles. The van der Waals surface area contributed by atoms with E-state index >= 15 is 0 Å². The van der Waals surface area contributed by atoms with Crippen LogP contribution in [-0.4, -0.2) is 15.0 Å². The number of hydrogen-bond acceptors (Lipinski definition) is 6. The zero-order valence-electron chi connectivity index (χ0n) is 15.1. The highest BCUT2D eigenvalue weighted by Crippen LogP contribution is 2.42. The Labute approximate surface area is 164 Å². The van der Waals surface area contributed by atoms with Gasteiger partial charge in [-0.3, -0.25) is 19.9 Å². The van der Waals surface area contributed by atoms with Gasteiger partial charge in [0.25, 0.3) is 5.69 Å². The maximum atomic E-state index is 11.6. The summed E-state index contributed by atoms with van der Waals surface area (Å²) in [7, 11) is 0. The summed E-state index contributed by atoms with van der Waals surface area (Å²) in [6, 6.07) is 10.3. The molecule has 144 valence electrons. The van der Waals surface area contributed by atoms with E-state index in [0.717, 1.165) is 41.7 Å². The van der Waals surface area contributed by atoms with Gasteiger partial charge in [-0.15, -0.1) is 0 Å². The number of nitro groups is 1. The van der Waals surface area contributed by atoms with Crippen LogP contribution in [0.2, 0.25) is 0 Å². The van der Waals surface area contributed by atoms with Crippen LogP contribution >= 0.6 is 11.3 Å². The molecule has 1 aliphatic carbocycles. The van der Waals surface area contributed by atoms with Crippen molar-refractivity contribution < 1.29 is 14.8 Å². The normalized spacial score (nSPS) is 15.8. The molecule has 2 aromatic carbocycles. The molecule has 1 aromatic heterocycles. The number of aromatic hydroxyl groups is 1. The van der Waals surface area contributed by atoms with Gasteiger partial charge in [-0.2, -0.15) is 0 Å². The molecule has 4 rings (SSSR count). The number of nitro benzene ring substituents is 1. The highest BCUT2D eigenvalue weighted by molar-refractivity contribution is 7.09. The van der Waals surface area contributed by atoms with Crippen LogP contribution in [0.4, 0.5) is 5.69 Å². The maximum Gasteiger partial charge on any atom is 0.307 e. The Morgan fingerprint density at radius 1 is 1.29 bits per heavy atom. The van der Waals surface area contributed by atoms with E-state index in [2.05, 4.69) is 4.98 Å². The lowest BCUT2D eigenvalue weighted by Gasteiger charge is -2.25. The van der Waals surface area contributed by atoms with Crippen LogP contribution < -0.4 is 9.61 Å². The standard InChI is InChI=1S/C20H18N2O5S/c1-11-9-13(22(25)26)5-8-17(11)27-14-6-7-15-12(10-14)3-2-4-16(15)18-19(23)21-20(24)28-18/h5-10,16,23H,2-4H2,1H3,(H,21,24)/t16-/m1/s1. The van der Waals surface area contributed by atoms with E-state index in [-0.39, 0.29) is 22.4 Å². The van der Waals surface area contributed by atoms with Crippen LogP contribution in [0.3, 0.4) is 0 Å². The fourth-order valence-electron chi connectivity index (χ4n) is 3.68. The molecule has 0 unspecified atom stereocenters. The number of aryl methyl sites for hydroxylation is 2. The second-order valence-corrected chi connectivity index (χ2v) is 7.86. The Balaban J connectivity index is 1.63. The van der Waals surface area contributed by atoms with Crippen LogP contribution in [0.15, 0.2) is 41.2 Å². The number of rotatable bonds is 4. The van der Waals surface area contributed by atoms with Gasteiger partial charge >= 0.3 is 4.87 Å². The van der Waals surface area contributed by atoms with E-state index in [4.69, 9.17) is 4.74 Å². The number of fused-ring (bicyclic) bond motifs is 1. The van der Waals surface area contributed by atoms with Crippen LogP contribution in [0.25, 0.3) is 0 Å². The average molecular weight is 398 g/mol. The minimum Gasteiger partial charge on any atom is -0.494 e. The Morgan fingerprint density at radius 3 is 2.79 bits per heavy atom. The maximum absolute atomic E-state index is 11.6. The van der Waals surface area contributed by atoms with Crippen molar-refractivity contribution in [2.24, 2.45) is 0 Å². The molecule has 1 aliphatic rings. The van der Waals surface area contributed by atoms with Crippen LogP contribution in [0, 0.1) is 17.0 Å². The van der Waals surface area contributed by atoms with Crippen molar-refractivity contribution in [1.82, 2.24) is 4.98 Å². The van der Waals surface area contributed by atoms with Gasteiger partial charge in [-0.1, -0.05) is 17.4 Å². The number of benzene rings is 2. The average Bonchev–Trinajstić information content (AvgIpc) is 3.00. The van der Waals surface area contributed by atoms with E-state index in [1.54, 1.807) is 13.0 Å². The zero-order chi connectivity index (χ0) is 19.8. The molecular formula is C20H18N2O5S. The van der Waals surface area contributed by atoms with E-state index in [1.165, 1.54) is 12.1 Å². The monoisotopic (exact) mass is 398 g/mol. The summed E-state index contributed by atoms with van der Waals surface area (Å²) in [5.41, 5.74) is 2.92. The molecular weight excluding hydrogens is 380 g/mol. The van der Waals surface area contributed by atoms with Gasteiger partial charge in [-0.05, 0) is 61.1 Å². The van der Waals surface area contributed by atoms with E-state index in [0.29, 0.717) is 21.9 Å². The molecule has 7 nitrogen and oxygen atoms in total. The zero-order valence-corrected chi connectivity index (χ0v) is 15.9. The van der Waals surface area contributed by atoms with Gasteiger partial charge in [0, 0.05) is 18.1 Å². The minimum atomic E-state index is -0.430. The summed E-state index contributed by atoms with van der Waals surface area (Å²) in [6.45, 7) is 1.77. The number of H-pyrrole nitrogens is 1. The number of non-ortho nitro benzene ring substituents is 1. The molecule has 0 radical (unpaired) electrons. The molecule has 0 spiro atoms. The van der Waals surface area contributed by atoms with Crippen molar-refractivity contribution in [3.63, 3.8) is 0 Å². The molecule has 0 bridgehead atoms. The molecule has 0 aliphatic heterocycles. The first kappa shape index (κ1) is 18.2. The van der Waals surface area contributed by atoms with Gasteiger partial charge < -0.3 is 9.84 Å². The fourth-order valence-corrected chi connectivity index (χ4v) is 4.57. The van der Waals surface area contributed by atoms with Crippen molar-refractivity contribution in [2.45, 2.75) is 32.1 Å². The predicted octanol–water partition coefficient (Wildman–Crippen LogP) is 4.62. The van der Waals surface area contributed by atoms with Crippen molar-refractivity contribution in [2.75, 3.05) is 0 Å². The smallest absolute Gasteiger partial charge is 0.307 e. The lowest BCUT2D eigenvalue weighted by atomic mass is 9.82. The summed E-state index contributed by atoms with van der Waals surface area (Å²) in [5, 5.41) is 20.9. The Kier molecular flexibility index (Phi) is 4.64. The van der Waals surface area contributed by atoms with E-state index in [9.17, 15) is 20.0 Å². The summed E-state index contributed by atoms with van der Waals surface area (Å²) < 4.78 is 5.95. The first-order valence-corrected chi connectivity index (χ1v) is 9.71. The highest BCUT2D eigenvalue weighted by Gasteiger charge is 2.26. The van der Waals surface area contributed by atoms with Crippen LogP contribution in [0.1, 0.15) is 40.3 Å². The molecule has 0 fully saturated rings. The number of aromatic amines is 1. The van der Waals surface area contributed by atoms with Crippen molar-refractivity contribution in [1.29, 1.82) is 0 Å². The van der Waals surface area contributed by atoms with Gasteiger partial charge in [0.2, 0.25) is 5.88 Å². The number of ether oxygens (including phenoxy) is 1. The number of nitrogens with one attached hydrogen (secondary N) is 1. The Bertz CT molecular complexity index is 1120. The Morgan fingerprint density at radius 2 is 2.11 bits per heavy atom.